The molecule has 1 amide bonds. The highest BCUT2D eigenvalue weighted by atomic mass is 16.1. The number of nitrogens with two attached hydrogens (primary N) is 2. The maximum Gasteiger partial charge on any atom is 0.218 e. The van der Waals surface area contributed by atoms with Crippen LogP contribution in [-0.2, 0) is 17.8 Å². The summed E-state index contributed by atoms with van der Waals surface area (Å²) in [4.78, 5) is 11.0. The third kappa shape index (κ3) is 5.29. The van der Waals surface area contributed by atoms with Crippen LogP contribution in [0.25, 0.3) is 0 Å². The molecular formula is C14H23N3O. The lowest BCUT2D eigenvalue weighted by molar-refractivity contribution is -0.118. The lowest BCUT2D eigenvalue weighted by Gasteiger charge is -2.17. The Bertz CT molecular complexity index is 362. The summed E-state index contributed by atoms with van der Waals surface area (Å²) in [5.41, 5.74) is 13.1. The fraction of sp³-hybridized carbons (Fsp3) is 0.500. The van der Waals surface area contributed by atoms with E-state index in [0.29, 0.717) is 13.0 Å². The molecule has 0 saturated heterocycles. The highest BCUT2D eigenvalue weighted by Gasteiger charge is 2.11. The zero-order valence-corrected chi connectivity index (χ0v) is 11.0. The van der Waals surface area contributed by atoms with E-state index in [0.717, 1.165) is 24.9 Å². The Morgan fingerprint density at radius 1 is 1.28 bits per heavy atom. The standard InChI is InChI=1S/C14H23N3O/c1-2-7-17-13(9-14(16)18)8-11-3-5-12(10-15)6-4-11/h3-6,13,17H,2,7-10,15H2,1H3,(H2,16,18)/t13-/m0/s1. The Hall–Kier alpha value is -1.39. The van der Waals surface area contributed by atoms with Crippen molar-refractivity contribution in [1.82, 2.24) is 5.32 Å². The van der Waals surface area contributed by atoms with E-state index in [1.807, 2.05) is 12.1 Å². The number of carbonyl (C=O) groups is 1. The Balaban J connectivity index is 2.59. The van der Waals surface area contributed by atoms with Crippen LogP contribution in [0.4, 0.5) is 0 Å². The number of amides is 1. The summed E-state index contributed by atoms with van der Waals surface area (Å²) in [6.07, 6.45) is 2.23. The molecule has 100 valence electrons. The van der Waals surface area contributed by atoms with E-state index in [9.17, 15) is 4.79 Å². The van der Waals surface area contributed by atoms with Gasteiger partial charge in [-0.3, -0.25) is 4.79 Å². The molecule has 0 aliphatic carbocycles. The fourth-order valence-corrected chi connectivity index (χ4v) is 1.90. The molecule has 1 aromatic rings. The number of hydrogen-bond acceptors (Lipinski definition) is 3. The van der Waals surface area contributed by atoms with Gasteiger partial charge in [0.05, 0.1) is 0 Å². The molecule has 1 atom stereocenters. The van der Waals surface area contributed by atoms with Crippen LogP contribution >= 0.6 is 0 Å². The molecule has 0 unspecified atom stereocenters. The van der Waals surface area contributed by atoms with E-state index in [1.165, 1.54) is 5.56 Å². The van der Waals surface area contributed by atoms with E-state index < -0.39 is 0 Å². The van der Waals surface area contributed by atoms with E-state index >= 15 is 0 Å². The molecule has 0 saturated carbocycles. The molecule has 4 nitrogen and oxygen atoms in total. The van der Waals surface area contributed by atoms with Crippen LogP contribution in [0.3, 0.4) is 0 Å². The first-order valence-electron chi connectivity index (χ1n) is 6.45. The zero-order chi connectivity index (χ0) is 13.4. The third-order valence-corrected chi connectivity index (χ3v) is 2.87. The number of hydrogen-bond donors (Lipinski definition) is 3. The monoisotopic (exact) mass is 249 g/mol. The van der Waals surface area contributed by atoms with Gasteiger partial charge >= 0.3 is 0 Å². The fourth-order valence-electron chi connectivity index (χ4n) is 1.90. The quantitative estimate of drug-likeness (QED) is 0.641. The SMILES string of the molecule is CCCN[C@H](CC(N)=O)Cc1ccc(CN)cc1. The van der Waals surface area contributed by atoms with Crippen LogP contribution in [-0.4, -0.2) is 18.5 Å². The molecule has 5 N–H and O–H groups in total. The largest absolute Gasteiger partial charge is 0.370 e. The molecule has 4 heteroatoms. The Morgan fingerprint density at radius 2 is 1.89 bits per heavy atom. The van der Waals surface area contributed by atoms with Crippen LogP contribution in [0.15, 0.2) is 24.3 Å². The molecule has 1 rings (SSSR count). The van der Waals surface area contributed by atoms with Crippen molar-refractivity contribution in [3.05, 3.63) is 35.4 Å². The molecule has 1 aromatic carbocycles. The van der Waals surface area contributed by atoms with Crippen molar-refractivity contribution in [2.75, 3.05) is 6.54 Å². The van der Waals surface area contributed by atoms with E-state index in [1.54, 1.807) is 0 Å². The van der Waals surface area contributed by atoms with Gasteiger partial charge in [-0.2, -0.15) is 0 Å². The minimum atomic E-state index is -0.262. The first kappa shape index (κ1) is 14.7. The topological polar surface area (TPSA) is 81.1 Å². The third-order valence-electron chi connectivity index (χ3n) is 2.87. The molecule has 0 radical (unpaired) electrons. The van der Waals surface area contributed by atoms with E-state index in [2.05, 4.69) is 24.4 Å². The Kier molecular flexibility index (Phi) is 6.39. The molecular weight excluding hydrogens is 226 g/mol. The molecule has 18 heavy (non-hydrogen) atoms. The predicted molar refractivity (Wildman–Crippen MR) is 73.9 cm³/mol. The number of rotatable bonds is 8. The minimum Gasteiger partial charge on any atom is -0.370 e. The van der Waals surface area contributed by atoms with Gasteiger partial charge in [0.15, 0.2) is 0 Å². The summed E-state index contributed by atoms with van der Waals surface area (Å²) in [6, 6.07) is 8.28. The number of nitrogens with one attached hydrogen (secondary N) is 1. The van der Waals surface area contributed by atoms with Crippen molar-refractivity contribution in [2.45, 2.75) is 38.8 Å². The first-order valence-corrected chi connectivity index (χ1v) is 6.45. The molecule has 0 aliphatic rings. The van der Waals surface area contributed by atoms with Crippen LogP contribution < -0.4 is 16.8 Å². The number of benzene rings is 1. The van der Waals surface area contributed by atoms with Crippen LogP contribution in [0, 0.1) is 0 Å². The van der Waals surface area contributed by atoms with Gasteiger partial charge in [0.2, 0.25) is 5.91 Å². The van der Waals surface area contributed by atoms with E-state index in [4.69, 9.17) is 11.5 Å². The second-order valence-electron chi connectivity index (χ2n) is 4.55. The van der Waals surface area contributed by atoms with Gasteiger partial charge in [-0.15, -0.1) is 0 Å². The smallest absolute Gasteiger partial charge is 0.218 e. The van der Waals surface area contributed by atoms with Crippen LogP contribution in [0.1, 0.15) is 30.9 Å². The average molecular weight is 249 g/mol. The second kappa shape index (κ2) is 7.84. The van der Waals surface area contributed by atoms with E-state index in [-0.39, 0.29) is 11.9 Å². The highest BCUT2D eigenvalue weighted by Crippen LogP contribution is 2.08. The van der Waals surface area contributed by atoms with Gasteiger partial charge < -0.3 is 16.8 Å². The lowest BCUT2D eigenvalue weighted by atomic mass is 10.0. The van der Waals surface area contributed by atoms with Gasteiger partial charge in [-0.05, 0) is 30.5 Å². The summed E-state index contributed by atoms with van der Waals surface area (Å²) in [5.74, 6) is -0.262. The van der Waals surface area contributed by atoms with Gasteiger partial charge in [0.25, 0.3) is 0 Å². The van der Waals surface area contributed by atoms with Crippen molar-refractivity contribution in [3.63, 3.8) is 0 Å². The van der Waals surface area contributed by atoms with Crippen LogP contribution in [0.5, 0.6) is 0 Å². The summed E-state index contributed by atoms with van der Waals surface area (Å²) >= 11 is 0. The molecule has 0 aromatic heterocycles. The first-order chi connectivity index (χ1) is 8.65. The molecule has 0 spiro atoms. The predicted octanol–water partition coefficient (Wildman–Crippen LogP) is 0.931. The van der Waals surface area contributed by atoms with Gasteiger partial charge in [-0.1, -0.05) is 31.2 Å². The van der Waals surface area contributed by atoms with Crippen molar-refractivity contribution < 1.29 is 4.79 Å². The summed E-state index contributed by atoms with van der Waals surface area (Å²) in [6.45, 7) is 3.56. The normalized spacial score (nSPS) is 12.3. The second-order valence-corrected chi connectivity index (χ2v) is 4.55. The summed E-state index contributed by atoms with van der Waals surface area (Å²) in [7, 11) is 0. The van der Waals surface area contributed by atoms with Crippen molar-refractivity contribution >= 4 is 5.91 Å². The summed E-state index contributed by atoms with van der Waals surface area (Å²) < 4.78 is 0. The maximum absolute atomic E-state index is 11.0. The lowest BCUT2D eigenvalue weighted by Crippen LogP contribution is -2.35. The van der Waals surface area contributed by atoms with Crippen molar-refractivity contribution in [2.24, 2.45) is 11.5 Å². The van der Waals surface area contributed by atoms with Crippen molar-refractivity contribution in [1.29, 1.82) is 0 Å². The Morgan fingerprint density at radius 3 is 2.39 bits per heavy atom. The van der Waals surface area contributed by atoms with Gasteiger partial charge in [-0.25, -0.2) is 0 Å². The average Bonchev–Trinajstić information content (AvgIpc) is 2.36. The van der Waals surface area contributed by atoms with Gasteiger partial charge in [0.1, 0.15) is 0 Å². The summed E-state index contributed by atoms with van der Waals surface area (Å²) in [5, 5.41) is 3.35. The van der Waals surface area contributed by atoms with Gasteiger partial charge in [0, 0.05) is 19.0 Å². The number of carbonyl (C=O) groups excluding carboxylic acids is 1. The molecule has 0 aliphatic heterocycles. The molecule has 0 heterocycles. The molecule has 0 bridgehead atoms. The van der Waals surface area contributed by atoms with Crippen molar-refractivity contribution in [3.8, 4) is 0 Å². The zero-order valence-electron chi connectivity index (χ0n) is 11.0. The Labute approximate surface area is 109 Å². The molecule has 0 fully saturated rings. The maximum atomic E-state index is 11.0. The van der Waals surface area contributed by atoms with Crippen LogP contribution in [0.2, 0.25) is 0 Å². The highest BCUT2D eigenvalue weighted by molar-refractivity contribution is 5.74. The number of primary amides is 1. The minimum absolute atomic E-state index is 0.117.